The Kier molecular flexibility index (Phi) is 10.5. The third kappa shape index (κ3) is 7.99. The number of aryl methyl sites for hydroxylation is 2. The number of hydrogen-bond acceptors (Lipinski definition) is 7. The van der Waals surface area contributed by atoms with Crippen molar-refractivity contribution in [1.82, 2.24) is 20.3 Å². The Balaban J connectivity index is 1.18. The highest BCUT2D eigenvalue weighted by atomic mass is 28.4. The van der Waals surface area contributed by atoms with Gasteiger partial charge in [-0.25, -0.2) is 0 Å². The van der Waals surface area contributed by atoms with Crippen LogP contribution in [0.2, 0.25) is 18.6 Å². The molecule has 10 heteroatoms. The second-order valence-electron chi connectivity index (χ2n) is 12.9. The zero-order valence-electron chi connectivity index (χ0n) is 25.7. The Morgan fingerprint density at radius 1 is 1.16 bits per heavy atom. The lowest BCUT2D eigenvalue weighted by atomic mass is 9.95. The molecule has 43 heavy (non-hydrogen) atoms. The van der Waals surface area contributed by atoms with Crippen molar-refractivity contribution in [2.45, 2.75) is 82.3 Å². The standard InChI is InChI=1S/C33H47N5O4Si/c1-23-30(15-14-24-9-7-13-27(19-24)35-33(40)26-12-8-17-34-20-26)42-31(32(23)43(2,3)41)16-18-38-21-29(36-37-38)28(22-39)25-10-5-4-6-11-25/h4-7,9-11,13,19,21,23,26,28,30-32,34,39,41H,8,12,14-18,20,22H2,1-3H3,(H,35,40)/t23-,26?,28?,30+,31-,32+/m1/s1. The number of anilines is 1. The van der Waals surface area contributed by atoms with Crippen molar-refractivity contribution in [3.63, 3.8) is 0 Å². The minimum atomic E-state index is -2.50. The van der Waals surface area contributed by atoms with Gasteiger partial charge in [0.05, 0.1) is 36.3 Å². The fraction of sp³-hybridized carbons (Fsp3) is 0.545. The molecule has 2 unspecified atom stereocenters. The predicted molar refractivity (Wildman–Crippen MR) is 170 cm³/mol. The van der Waals surface area contributed by atoms with Crippen LogP contribution >= 0.6 is 0 Å². The molecule has 3 heterocycles. The van der Waals surface area contributed by atoms with Crippen LogP contribution in [0.3, 0.4) is 0 Å². The summed E-state index contributed by atoms with van der Waals surface area (Å²) in [5, 5.41) is 25.2. The number of ether oxygens (including phenoxy) is 1. The number of carbonyl (C=O) groups is 1. The topological polar surface area (TPSA) is 122 Å². The Bertz CT molecular complexity index is 1320. The summed E-state index contributed by atoms with van der Waals surface area (Å²) in [6.45, 7) is 8.56. The molecule has 2 fully saturated rings. The van der Waals surface area contributed by atoms with Gasteiger partial charge in [0.1, 0.15) is 0 Å². The molecule has 2 aliphatic heterocycles. The first-order valence-corrected chi connectivity index (χ1v) is 18.8. The van der Waals surface area contributed by atoms with Crippen molar-refractivity contribution >= 4 is 19.9 Å². The highest BCUT2D eigenvalue weighted by Crippen LogP contribution is 2.45. The van der Waals surface area contributed by atoms with E-state index in [0.717, 1.165) is 62.1 Å². The van der Waals surface area contributed by atoms with Crippen LogP contribution in [0.1, 0.15) is 55.3 Å². The van der Waals surface area contributed by atoms with Crippen molar-refractivity contribution in [1.29, 1.82) is 0 Å². The molecule has 0 spiro atoms. The average molecular weight is 606 g/mol. The second kappa shape index (κ2) is 14.3. The number of benzene rings is 2. The molecule has 2 aromatic carbocycles. The third-order valence-corrected chi connectivity index (χ3v) is 11.8. The van der Waals surface area contributed by atoms with E-state index in [-0.39, 0.29) is 48.0 Å². The van der Waals surface area contributed by atoms with E-state index in [1.807, 2.05) is 66.4 Å². The molecule has 3 aromatic rings. The third-order valence-electron chi connectivity index (χ3n) is 9.24. The van der Waals surface area contributed by atoms with E-state index < -0.39 is 8.32 Å². The monoisotopic (exact) mass is 605 g/mol. The van der Waals surface area contributed by atoms with Gasteiger partial charge >= 0.3 is 0 Å². The van der Waals surface area contributed by atoms with E-state index >= 15 is 0 Å². The number of aliphatic hydroxyl groups excluding tert-OH is 1. The molecule has 5 rings (SSSR count). The number of nitrogens with zero attached hydrogens (tertiary/aromatic N) is 3. The van der Waals surface area contributed by atoms with Gasteiger partial charge in [0, 0.05) is 30.5 Å². The minimum Gasteiger partial charge on any atom is -0.432 e. The number of piperidine rings is 1. The first-order valence-electron chi connectivity index (χ1n) is 15.8. The van der Waals surface area contributed by atoms with Gasteiger partial charge in [0.25, 0.3) is 0 Å². The molecule has 9 nitrogen and oxygen atoms in total. The zero-order valence-corrected chi connectivity index (χ0v) is 26.7. The van der Waals surface area contributed by atoms with Crippen LogP contribution in [0, 0.1) is 11.8 Å². The van der Waals surface area contributed by atoms with Crippen LogP contribution < -0.4 is 10.6 Å². The van der Waals surface area contributed by atoms with Crippen LogP contribution in [0.15, 0.2) is 60.8 Å². The fourth-order valence-electron chi connectivity index (χ4n) is 7.01. The molecular weight excluding hydrogens is 558 g/mol. The minimum absolute atomic E-state index is 0.0223. The molecule has 0 saturated carbocycles. The van der Waals surface area contributed by atoms with Gasteiger partial charge in [-0.2, -0.15) is 0 Å². The van der Waals surface area contributed by atoms with Crippen molar-refractivity contribution in [2.24, 2.45) is 11.8 Å². The summed E-state index contributed by atoms with van der Waals surface area (Å²) in [6, 6.07) is 18.0. The average Bonchev–Trinajstić information content (AvgIpc) is 3.60. The van der Waals surface area contributed by atoms with Gasteiger partial charge in [-0.15, -0.1) is 5.10 Å². The molecule has 1 aromatic heterocycles. The quantitative estimate of drug-likeness (QED) is 0.227. The van der Waals surface area contributed by atoms with Gasteiger partial charge in [0.15, 0.2) is 8.32 Å². The first kappa shape index (κ1) is 31.5. The molecule has 2 saturated heterocycles. The summed E-state index contributed by atoms with van der Waals surface area (Å²) in [5.74, 6) is 0.134. The summed E-state index contributed by atoms with van der Waals surface area (Å²) in [5.41, 5.74) is 3.88. The molecule has 4 N–H and O–H groups in total. The Morgan fingerprint density at radius 2 is 1.98 bits per heavy atom. The van der Waals surface area contributed by atoms with Crippen molar-refractivity contribution in [3.8, 4) is 0 Å². The molecule has 232 valence electrons. The van der Waals surface area contributed by atoms with E-state index in [1.54, 1.807) is 0 Å². The Morgan fingerprint density at radius 3 is 2.70 bits per heavy atom. The molecule has 2 aliphatic rings. The van der Waals surface area contributed by atoms with E-state index in [2.05, 4.69) is 40.0 Å². The number of hydrogen-bond donors (Lipinski definition) is 4. The van der Waals surface area contributed by atoms with Gasteiger partial charge in [-0.3, -0.25) is 9.48 Å². The Labute approximate surface area is 256 Å². The molecule has 1 amide bonds. The van der Waals surface area contributed by atoms with Gasteiger partial charge < -0.3 is 25.3 Å². The van der Waals surface area contributed by atoms with E-state index in [1.165, 1.54) is 5.56 Å². The maximum atomic E-state index is 12.7. The summed E-state index contributed by atoms with van der Waals surface area (Å²) < 4.78 is 8.50. The van der Waals surface area contributed by atoms with E-state index in [9.17, 15) is 14.7 Å². The smallest absolute Gasteiger partial charge is 0.228 e. The van der Waals surface area contributed by atoms with E-state index in [4.69, 9.17) is 4.74 Å². The maximum absolute atomic E-state index is 12.7. The van der Waals surface area contributed by atoms with Gasteiger partial charge in [-0.05, 0) is 80.9 Å². The SMILES string of the molecule is C[C@H]1[C@H]([Si](C)(C)O)[C@@H](CCn2cc(C(CO)c3ccccc3)nn2)O[C@H]1CCc1cccc(NC(=O)C2CCCNC2)c1. The molecule has 6 atom stereocenters. The van der Waals surface area contributed by atoms with Crippen molar-refractivity contribution < 1.29 is 19.4 Å². The molecular formula is C33H47N5O4Si. The highest BCUT2D eigenvalue weighted by molar-refractivity contribution is 6.71. The van der Waals surface area contributed by atoms with Crippen LogP contribution in [0.4, 0.5) is 5.69 Å². The maximum Gasteiger partial charge on any atom is 0.228 e. The summed E-state index contributed by atoms with van der Waals surface area (Å²) >= 11 is 0. The number of rotatable bonds is 12. The van der Waals surface area contributed by atoms with Crippen LogP contribution in [-0.2, 0) is 22.5 Å². The van der Waals surface area contributed by atoms with Crippen LogP contribution in [-0.4, -0.2) is 71.0 Å². The largest absolute Gasteiger partial charge is 0.432 e. The van der Waals surface area contributed by atoms with Crippen LogP contribution in [0.5, 0.6) is 0 Å². The predicted octanol–water partition coefficient (Wildman–Crippen LogP) is 4.33. The van der Waals surface area contributed by atoms with E-state index in [0.29, 0.717) is 6.54 Å². The number of carbonyl (C=O) groups excluding carboxylic acids is 1. The van der Waals surface area contributed by atoms with Gasteiger partial charge in [-0.1, -0.05) is 54.6 Å². The lowest BCUT2D eigenvalue weighted by molar-refractivity contribution is -0.120. The lowest BCUT2D eigenvalue weighted by Gasteiger charge is -2.30. The lowest BCUT2D eigenvalue weighted by Crippen LogP contribution is -2.40. The zero-order chi connectivity index (χ0) is 30.4. The number of aliphatic hydroxyl groups is 1. The molecule has 0 aliphatic carbocycles. The highest BCUT2D eigenvalue weighted by Gasteiger charge is 2.49. The summed E-state index contributed by atoms with van der Waals surface area (Å²) in [4.78, 5) is 24.0. The Hall–Kier alpha value is -2.89. The molecule has 0 radical (unpaired) electrons. The summed E-state index contributed by atoms with van der Waals surface area (Å²) in [6.07, 6.45) is 6.29. The molecule has 0 bridgehead atoms. The second-order valence-corrected chi connectivity index (χ2v) is 16.8. The normalized spacial score (nSPS) is 25.0. The van der Waals surface area contributed by atoms with Crippen LogP contribution in [0.25, 0.3) is 0 Å². The number of nitrogens with one attached hydrogen (secondary N) is 2. The number of amides is 1. The van der Waals surface area contributed by atoms with Crippen molar-refractivity contribution in [3.05, 3.63) is 77.6 Å². The number of aromatic nitrogens is 3. The van der Waals surface area contributed by atoms with Gasteiger partial charge in [0.2, 0.25) is 5.91 Å². The fourth-order valence-corrected chi connectivity index (χ4v) is 9.67. The first-order chi connectivity index (χ1) is 20.7. The van der Waals surface area contributed by atoms with Crippen molar-refractivity contribution in [2.75, 3.05) is 25.0 Å². The summed E-state index contributed by atoms with van der Waals surface area (Å²) in [7, 11) is -2.50.